The van der Waals surface area contributed by atoms with Crippen molar-refractivity contribution in [2.45, 2.75) is 231 Å². The second kappa shape index (κ2) is 32.7. The first-order chi connectivity index (χ1) is 42.3. The van der Waals surface area contributed by atoms with E-state index in [0.29, 0.717) is 99.1 Å². The Hall–Kier alpha value is -7.46. The van der Waals surface area contributed by atoms with Crippen LogP contribution in [0, 0.1) is 11.8 Å². The lowest BCUT2D eigenvalue weighted by Gasteiger charge is -2.39. The van der Waals surface area contributed by atoms with E-state index < -0.39 is 95.3 Å². The van der Waals surface area contributed by atoms with Crippen LogP contribution in [0.5, 0.6) is 0 Å². The Kier molecular flexibility index (Phi) is 25.3. The van der Waals surface area contributed by atoms with Gasteiger partial charge in [0.05, 0.1) is 12.2 Å². The fourth-order valence-electron chi connectivity index (χ4n) is 12.3. The largest absolute Gasteiger partial charge is 0.393 e. The summed E-state index contributed by atoms with van der Waals surface area (Å²) in [5, 5.41) is 37.6. The van der Waals surface area contributed by atoms with Crippen LogP contribution in [0.25, 0.3) is 21.8 Å². The third kappa shape index (κ3) is 17.0. The number of Topliss-reactive ketones (excluding diaryl/α,β-unsaturated/α-hetero) is 2. The lowest BCUT2D eigenvalue weighted by Crippen LogP contribution is -2.65. The summed E-state index contributed by atoms with van der Waals surface area (Å²) in [6.07, 6.45) is 14.7. The molecule has 480 valence electrons. The zero-order valence-electron chi connectivity index (χ0n) is 52.1. The summed E-state index contributed by atoms with van der Waals surface area (Å²) in [5.74, 6) is -6.11. The number of nitrogens with zero attached hydrogens (tertiary/aromatic N) is 2. The number of aromatic amines is 2. The molecule has 10 N–H and O–H groups in total. The van der Waals surface area contributed by atoms with Crippen molar-refractivity contribution in [1.29, 1.82) is 0 Å². The van der Waals surface area contributed by atoms with Gasteiger partial charge in [-0.3, -0.25) is 47.9 Å². The number of H-pyrrole nitrogens is 2. The minimum absolute atomic E-state index is 0.241. The average molecular weight is 1220 g/mol. The monoisotopic (exact) mass is 1220 g/mol. The molecule has 0 aliphatic carbocycles. The molecule has 4 aromatic rings. The van der Waals surface area contributed by atoms with Crippen LogP contribution in [-0.2, 0) is 38.4 Å². The minimum atomic E-state index is -1.61. The van der Waals surface area contributed by atoms with E-state index in [0.717, 1.165) is 51.4 Å². The number of benzene rings is 2. The van der Waals surface area contributed by atoms with E-state index >= 15 is 0 Å². The van der Waals surface area contributed by atoms with Crippen LogP contribution in [-0.4, -0.2) is 162 Å². The second-order valence-corrected chi connectivity index (χ2v) is 24.5. The average Bonchev–Trinajstić information content (AvgIpc) is 1.81. The van der Waals surface area contributed by atoms with Crippen molar-refractivity contribution in [3.63, 3.8) is 0 Å². The first kappa shape index (κ1) is 68.0. The van der Waals surface area contributed by atoms with E-state index in [1.54, 1.807) is 24.3 Å². The van der Waals surface area contributed by atoms with E-state index in [-0.39, 0.29) is 59.8 Å². The zero-order chi connectivity index (χ0) is 63.6. The molecule has 4 unspecified atom stereocenters. The number of hydrogen-bond acceptors (Lipinski definition) is 12. The van der Waals surface area contributed by atoms with Crippen molar-refractivity contribution < 1.29 is 58.2 Å². The van der Waals surface area contributed by atoms with E-state index in [2.05, 4.69) is 41.9 Å². The van der Waals surface area contributed by atoms with Crippen LogP contribution in [0.2, 0.25) is 0 Å². The Labute approximate surface area is 516 Å². The van der Waals surface area contributed by atoms with Gasteiger partial charge in [-0.05, 0) is 101 Å². The fraction of sp³-hybridized carbons (Fsp3) is 0.606. The molecule has 0 bridgehead atoms. The van der Waals surface area contributed by atoms with Gasteiger partial charge in [0.2, 0.25) is 35.4 Å². The molecule has 22 heteroatoms. The Balaban J connectivity index is 0.000000251. The van der Waals surface area contributed by atoms with Crippen LogP contribution in [0.1, 0.15) is 191 Å². The number of aromatic nitrogens is 2. The van der Waals surface area contributed by atoms with Gasteiger partial charge in [-0.25, -0.2) is 0 Å². The van der Waals surface area contributed by atoms with Crippen LogP contribution in [0.15, 0.2) is 60.9 Å². The van der Waals surface area contributed by atoms with Gasteiger partial charge in [0.15, 0.2) is 23.7 Å². The molecule has 12 atom stereocenters. The first-order valence-electron chi connectivity index (χ1n) is 32.3. The van der Waals surface area contributed by atoms with Crippen molar-refractivity contribution in [3.8, 4) is 0 Å². The van der Waals surface area contributed by atoms with Gasteiger partial charge in [-0.1, -0.05) is 129 Å². The van der Waals surface area contributed by atoms with Gasteiger partial charge in [0, 0.05) is 58.4 Å². The third-order valence-electron chi connectivity index (χ3n) is 18.3. The van der Waals surface area contributed by atoms with E-state index in [4.69, 9.17) is 0 Å². The van der Waals surface area contributed by atoms with Crippen LogP contribution in [0.3, 0.4) is 0 Å². The lowest BCUT2D eigenvalue weighted by atomic mass is 9.93. The van der Waals surface area contributed by atoms with E-state index in [1.807, 2.05) is 65.8 Å². The molecule has 4 aliphatic heterocycles. The van der Waals surface area contributed by atoms with Crippen LogP contribution < -0.4 is 31.9 Å². The Morgan fingerprint density at radius 2 is 0.864 bits per heavy atom. The number of aliphatic hydroxyl groups excluding tert-OH is 2. The first-order valence-corrected chi connectivity index (χ1v) is 32.3. The normalized spacial score (nSPS) is 24.8. The molecule has 22 nitrogen and oxygen atoms in total. The zero-order valence-corrected chi connectivity index (χ0v) is 52.1. The van der Waals surface area contributed by atoms with Crippen molar-refractivity contribution in [3.05, 3.63) is 72.1 Å². The van der Waals surface area contributed by atoms with Crippen molar-refractivity contribution in [1.82, 2.24) is 51.7 Å². The van der Waals surface area contributed by atoms with Gasteiger partial charge in [0.1, 0.15) is 36.3 Å². The summed E-state index contributed by atoms with van der Waals surface area (Å²) in [5.41, 5.74) is 1.90. The van der Waals surface area contributed by atoms with E-state index in [9.17, 15) is 58.2 Å². The number of amides is 8. The molecular weight excluding hydrogens is 1120 g/mol. The van der Waals surface area contributed by atoms with E-state index in [1.165, 1.54) is 22.2 Å². The highest BCUT2D eigenvalue weighted by molar-refractivity contribution is 6.21. The quantitative estimate of drug-likeness (QED) is 0.0249. The van der Waals surface area contributed by atoms with Crippen molar-refractivity contribution >= 4 is 80.6 Å². The minimum Gasteiger partial charge on any atom is -0.393 e. The SMILES string of the molecule is CCC(O)CCCCC[C@@H]1NC(=O)[C@H]2CCCCN2C(=O)[C@H](C(C)CC)NC(=O)[C@@H](C(=O)c2c[nH]c3ccccc23)NC1=O.CCC(O)CCCCC[C@@H]1NC(=O)[C@H]2CCCCN2C(=O)[C@H](C(C)CC)NC(=O)[C@H](C(=O)c2c[nH]c3ccccc23)NC1=O. The molecule has 8 rings (SSSR count). The molecule has 2 aromatic heterocycles. The summed E-state index contributed by atoms with van der Waals surface area (Å²) < 4.78 is 0. The number of hydrogen-bond donors (Lipinski definition) is 10. The number of unbranched alkanes of at least 4 members (excludes halogenated alkanes) is 4. The number of ketones is 2. The Morgan fingerprint density at radius 1 is 0.477 bits per heavy atom. The number of rotatable bonds is 22. The number of carbonyl (C=O) groups excluding carboxylic acids is 10. The molecule has 0 spiro atoms. The molecule has 4 fully saturated rings. The standard InChI is InChI=1S/2C33H47N5O6/c2*1-4-20(3)27-33(44)38-18-12-11-17-26(38)31(42)35-25(16-8-6-7-13-21(39)5-2)30(41)37-28(32(43)36-27)29(40)23-19-34-24-15-10-9-14-22(23)24/h2*9-10,14-15,19-21,25-28,34,39H,4-8,11-13,16-18H2,1-3H3,(H,35,42)(H,36,43)(H,37,41)/t20?,21?,25-,26+,27-,28+;20?,21?,25-,26+,27-,28-/m00/s1. The maximum Gasteiger partial charge on any atom is 0.251 e. The summed E-state index contributed by atoms with van der Waals surface area (Å²) in [7, 11) is 0. The molecule has 0 radical (unpaired) electrons. The van der Waals surface area contributed by atoms with Gasteiger partial charge in [-0.2, -0.15) is 0 Å². The predicted octanol–water partition coefficient (Wildman–Crippen LogP) is 5.93. The van der Waals surface area contributed by atoms with Crippen molar-refractivity contribution in [2.24, 2.45) is 11.8 Å². The van der Waals surface area contributed by atoms with Gasteiger partial charge >= 0.3 is 0 Å². The Bertz CT molecular complexity index is 2880. The maximum absolute atomic E-state index is 14.0. The fourth-order valence-corrected chi connectivity index (χ4v) is 12.3. The van der Waals surface area contributed by atoms with Gasteiger partial charge < -0.3 is 61.9 Å². The number of nitrogens with one attached hydrogen (secondary N) is 8. The molecule has 88 heavy (non-hydrogen) atoms. The number of fused-ring (bicyclic) bond motifs is 4. The molecular formula is C66H94N10O12. The lowest BCUT2D eigenvalue weighted by molar-refractivity contribution is -0.147. The number of piperidine rings is 2. The topological polar surface area (TPSA) is 321 Å². The van der Waals surface area contributed by atoms with Crippen LogP contribution >= 0.6 is 0 Å². The number of carbonyl (C=O) groups is 10. The number of aliphatic hydroxyl groups is 2. The Morgan fingerprint density at radius 3 is 1.24 bits per heavy atom. The molecule has 8 amide bonds. The molecule has 2 aromatic carbocycles. The maximum atomic E-state index is 14.0. The third-order valence-corrected chi connectivity index (χ3v) is 18.3. The van der Waals surface area contributed by atoms with Crippen molar-refractivity contribution in [2.75, 3.05) is 13.1 Å². The number of para-hydroxylation sites is 2. The van der Waals surface area contributed by atoms with Crippen LogP contribution in [0.4, 0.5) is 0 Å². The highest BCUT2D eigenvalue weighted by atomic mass is 16.3. The predicted molar refractivity (Wildman–Crippen MR) is 333 cm³/mol. The van der Waals surface area contributed by atoms with Gasteiger partial charge in [0.25, 0.3) is 11.8 Å². The second-order valence-electron chi connectivity index (χ2n) is 24.5. The summed E-state index contributed by atoms with van der Waals surface area (Å²) in [6.45, 7) is 12.1. The molecule has 0 saturated carbocycles. The molecule has 4 aliphatic rings. The summed E-state index contributed by atoms with van der Waals surface area (Å²) in [4.78, 5) is 148. The highest BCUT2D eigenvalue weighted by Gasteiger charge is 2.45. The smallest absolute Gasteiger partial charge is 0.251 e. The summed E-state index contributed by atoms with van der Waals surface area (Å²) in [6, 6.07) is 5.67. The van der Waals surface area contributed by atoms with Gasteiger partial charge in [-0.15, -0.1) is 0 Å². The highest BCUT2D eigenvalue weighted by Crippen LogP contribution is 2.27. The summed E-state index contributed by atoms with van der Waals surface area (Å²) >= 11 is 0. The molecule has 4 saturated heterocycles. The molecule has 6 heterocycles.